The molecule has 0 unspecified atom stereocenters. The molecule has 2 rings (SSSR count). The number of carbonyl (C=O) groups excluding carboxylic acids is 2. The fourth-order valence-electron chi connectivity index (χ4n) is 2.15. The summed E-state index contributed by atoms with van der Waals surface area (Å²) < 4.78 is 13.6. The van der Waals surface area contributed by atoms with Crippen molar-refractivity contribution < 1.29 is 14.0 Å². The Labute approximate surface area is 125 Å². The van der Waals surface area contributed by atoms with Crippen molar-refractivity contribution in [3.05, 3.63) is 34.1 Å². The summed E-state index contributed by atoms with van der Waals surface area (Å²) in [6.07, 6.45) is 2.25. The van der Waals surface area contributed by atoms with Gasteiger partial charge >= 0.3 is 0 Å². The van der Waals surface area contributed by atoms with E-state index >= 15 is 0 Å². The van der Waals surface area contributed by atoms with Gasteiger partial charge in [-0.3, -0.25) is 9.59 Å². The molecule has 1 aromatic carbocycles. The van der Waals surface area contributed by atoms with Gasteiger partial charge in [0, 0.05) is 31.6 Å². The lowest BCUT2D eigenvalue weighted by molar-refractivity contribution is -0.127. The SMILES string of the molecule is O=C(NCCCN1CCCC1=O)c1ccc(Br)c(F)c1. The smallest absolute Gasteiger partial charge is 0.251 e. The summed E-state index contributed by atoms with van der Waals surface area (Å²) in [5.74, 6) is -0.573. The molecule has 1 N–H and O–H groups in total. The predicted molar refractivity (Wildman–Crippen MR) is 76.9 cm³/mol. The Bertz CT molecular complexity index is 522. The molecule has 1 aromatic rings. The van der Waals surface area contributed by atoms with Gasteiger partial charge in [0.05, 0.1) is 4.47 Å². The zero-order valence-corrected chi connectivity index (χ0v) is 12.6. The molecule has 0 aliphatic carbocycles. The van der Waals surface area contributed by atoms with Crippen molar-refractivity contribution >= 4 is 27.7 Å². The van der Waals surface area contributed by atoms with Gasteiger partial charge in [0.25, 0.3) is 5.91 Å². The Morgan fingerprint density at radius 1 is 1.45 bits per heavy atom. The molecular formula is C14H16BrFN2O2. The van der Waals surface area contributed by atoms with Crippen LogP contribution in [0, 0.1) is 5.82 Å². The van der Waals surface area contributed by atoms with E-state index in [2.05, 4.69) is 21.2 Å². The second-order valence-electron chi connectivity index (χ2n) is 4.72. The molecule has 1 saturated heterocycles. The third-order valence-corrected chi connectivity index (χ3v) is 3.89. The van der Waals surface area contributed by atoms with Gasteiger partial charge in [-0.15, -0.1) is 0 Å². The fourth-order valence-corrected chi connectivity index (χ4v) is 2.40. The maximum Gasteiger partial charge on any atom is 0.251 e. The van der Waals surface area contributed by atoms with Crippen molar-refractivity contribution in [2.75, 3.05) is 19.6 Å². The van der Waals surface area contributed by atoms with Crippen LogP contribution < -0.4 is 5.32 Å². The number of nitrogens with one attached hydrogen (secondary N) is 1. The number of hydrogen-bond donors (Lipinski definition) is 1. The quantitative estimate of drug-likeness (QED) is 0.835. The van der Waals surface area contributed by atoms with Crippen LogP contribution in [-0.4, -0.2) is 36.3 Å². The van der Waals surface area contributed by atoms with Crippen molar-refractivity contribution in [2.24, 2.45) is 0 Å². The predicted octanol–water partition coefficient (Wildman–Crippen LogP) is 2.33. The highest BCUT2D eigenvalue weighted by Crippen LogP contribution is 2.16. The Kier molecular flexibility index (Phi) is 5.11. The van der Waals surface area contributed by atoms with E-state index in [0.29, 0.717) is 36.0 Å². The van der Waals surface area contributed by atoms with Crippen LogP contribution in [0.3, 0.4) is 0 Å². The molecular weight excluding hydrogens is 327 g/mol. The normalized spacial score (nSPS) is 14.7. The van der Waals surface area contributed by atoms with E-state index in [1.165, 1.54) is 12.1 Å². The van der Waals surface area contributed by atoms with Gasteiger partial charge in [0.1, 0.15) is 5.82 Å². The van der Waals surface area contributed by atoms with Gasteiger partial charge in [0.15, 0.2) is 0 Å². The summed E-state index contributed by atoms with van der Waals surface area (Å²) in [6, 6.07) is 4.27. The molecule has 6 heteroatoms. The molecule has 1 aliphatic heterocycles. The average Bonchev–Trinajstić information content (AvgIpc) is 2.83. The minimum atomic E-state index is -0.458. The summed E-state index contributed by atoms with van der Waals surface area (Å²) in [6.45, 7) is 1.94. The van der Waals surface area contributed by atoms with E-state index in [1.807, 2.05) is 4.90 Å². The highest BCUT2D eigenvalue weighted by atomic mass is 79.9. The van der Waals surface area contributed by atoms with E-state index in [9.17, 15) is 14.0 Å². The standard InChI is InChI=1S/C14H16BrFN2O2/c15-11-5-4-10(9-12(11)16)14(20)17-6-2-8-18-7-1-3-13(18)19/h4-5,9H,1-3,6-8H2,(H,17,20). The van der Waals surface area contributed by atoms with Crippen LogP contribution in [0.1, 0.15) is 29.6 Å². The van der Waals surface area contributed by atoms with E-state index in [1.54, 1.807) is 6.07 Å². The molecule has 0 spiro atoms. The first-order valence-corrected chi connectivity index (χ1v) is 7.38. The van der Waals surface area contributed by atoms with E-state index in [-0.39, 0.29) is 11.8 Å². The van der Waals surface area contributed by atoms with Crippen LogP contribution in [-0.2, 0) is 4.79 Å². The van der Waals surface area contributed by atoms with E-state index in [0.717, 1.165) is 13.0 Å². The van der Waals surface area contributed by atoms with Gasteiger partial charge in [-0.05, 0) is 47.0 Å². The van der Waals surface area contributed by atoms with E-state index < -0.39 is 5.82 Å². The van der Waals surface area contributed by atoms with Crippen molar-refractivity contribution in [3.8, 4) is 0 Å². The number of amides is 2. The number of rotatable bonds is 5. The maximum absolute atomic E-state index is 13.3. The van der Waals surface area contributed by atoms with Gasteiger partial charge < -0.3 is 10.2 Å². The molecule has 1 aliphatic rings. The first-order valence-electron chi connectivity index (χ1n) is 6.59. The van der Waals surface area contributed by atoms with Crippen LogP contribution in [0.4, 0.5) is 4.39 Å². The summed E-state index contributed by atoms with van der Waals surface area (Å²) in [7, 11) is 0. The zero-order valence-electron chi connectivity index (χ0n) is 11.0. The molecule has 4 nitrogen and oxygen atoms in total. The van der Waals surface area contributed by atoms with E-state index in [4.69, 9.17) is 0 Å². The lowest BCUT2D eigenvalue weighted by Gasteiger charge is -2.15. The van der Waals surface area contributed by atoms with Crippen molar-refractivity contribution in [2.45, 2.75) is 19.3 Å². The monoisotopic (exact) mass is 342 g/mol. The van der Waals surface area contributed by atoms with Crippen LogP contribution in [0.15, 0.2) is 22.7 Å². The van der Waals surface area contributed by atoms with Crippen molar-refractivity contribution in [3.63, 3.8) is 0 Å². The Morgan fingerprint density at radius 2 is 2.25 bits per heavy atom. The van der Waals surface area contributed by atoms with Gasteiger partial charge in [-0.1, -0.05) is 0 Å². The van der Waals surface area contributed by atoms with Gasteiger partial charge in [0.2, 0.25) is 5.91 Å². The Morgan fingerprint density at radius 3 is 2.90 bits per heavy atom. The molecule has 0 aromatic heterocycles. The third kappa shape index (κ3) is 3.79. The minimum absolute atomic E-state index is 0.186. The highest BCUT2D eigenvalue weighted by Gasteiger charge is 2.19. The minimum Gasteiger partial charge on any atom is -0.352 e. The second kappa shape index (κ2) is 6.83. The van der Waals surface area contributed by atoms with Crippen LogP contribution in [0.5, 0.6) is 0 Å². The third-order valence-electron chi connectivity index (χ3n) is 3.24. The molecule has 1 fully saturated rings. The second-order valence-corrected chi connectivity index (χ2v) is 5.58. The summed E-state index contributed by atoms with van der Waals surface area (Å²) >= 11 is 3.04. The highest BCUT2D eigenvalue weighted by molar-refractivity contribution is 9.10. The number of carbonyl (C=O) groups is 2. The fraction of sp³-hybridized carbons (Fsp3) is 0.429. The summed E-state index contributed by atoms with van der Waals surface area (Å²) in [5, 5.41) is 2.73. The number of likely N-dealkylation sites (tertiary alicyclic amines) is 1. The summed E-state index contributed by atoms with van der Waals surface area (Å²) in [5.41, 5.74) is 0.294. The van der Waals surface area contributed by atoms with Crippen molar-refractivity contribution in [1.29, 1.82) is 0 Å². The van der Waals surface area contributed by atoms with Crippen LogP contribution in [0.2, 0.25) is 0 Å². The zero-order chi connectivity index (χ0) is 14.5. The number of nitrogens with zero attached hydrogens (tertiary/aromatic N) is 1. The van der Waals surface area contributed by atoms with Gasteiger partial charge in [-0.25, -0.2) is 4.39 Å². The Hall–Kier alpha value is -1.43. The largest absolute Gasteiger partial charge is 0.352 e. The number of halogens is 2. The Balaban J connectivity index is 1.74. The first-order chi connectivity index (χ1) is 9.58. The molecule has 0 bridgehead atoms. The molecule has 108 valence electrons. The molecule has 1 heterocycles. The van der Waals surface area contributed by atoms with Crippen LogP contribution in [0.25, 0.3) is 0 Å². The number of benzene rings is 1. The van der Waals surface area contributed by atoms with Crippen LogP contribution >= 0.6 is 15.9 Å². The molecule has 0 radical (unpaired) electrons. The molecule has 2 amide bonds. The lowest BCUT2D eigenvalue weighted by Crippen LogP contribution is -2.30. The summed E-state index contributed by atoms with van der Waals surface area (Å²) in [4.78, 5) is 25.0. The average molecular weight is 343 g/mol. The maximum atomic E-state index is 13.3. The van der Waals surface area contributed by atoms with Gasteiger partial charge in [-0.2, -0.15) is 0 Å². The molecule has 20 heavy (non-hydrogen) atoms. The van der Waals surface area contributed by atoms with Crippen molar-refractivity contribution in [1.82, 2.24) is 10.2 Å². The number of hydrogen-bond acceptors (Lipinski definition) is 2. The lowest BCUT2D eigenvalue weighted by atomic mass is 10.2. The first kappa shape index (κ1) is 15.0. The molecule has 0 atom stereocenters. The molecule has 0 saturated carbocycles. The topological polar surface area (TPSA) is 49.4 Å².